The first kappa shape index (κ1) is 15.7. The van der Waals surface area contributed by atoms with Gasteiger partial charge in [0.05, 0.1) is 18.9 Å². The van der Waals surface area contributed by atoms with Crippen LogP contribution in [0.4, 0.5) is 0 Å². The predicted octanol–water partition coefficient (Wildman–Crippen LogP) is 2.29. The molecule has 22 heavy (non-hydrogen) atoms. The molecule has 2 N–H and O–H groups in total. The Morgan fingerprint density at radius 1 is 1.18 bits per heavy atom. The molecule has 0 aliphatic carbocycles. The van der Waals surface area contributed by atoms with Gasteiger partial charge in [0.15, 0.2) is 0 Å². The molecule has 0 spiro atoms. The normalized spacial score (nSPS) is 10.8. The van der Waals surface area contributed by atoms with Crippen LogP contribution in [0, 0.1) is 0 Å². The quantitative estimate of drug-likeness (QED) is 0.767. The predicted molar refractivity (Wildman–Crippen MR) is 82.5 cm³/mol. The summed E-state index contributed by atoms with van der Waals surface area (Å²) in [5.74, 6) is -0.572. The molecule has 2 rings (SSSR count). The molecule has 5 heteroatoms. The molecule has 1 aromatic heterocycles. The van der Waals surface area contributed by atoms with Crippen molar-refractivity contribution >= 4 is 12.0 Å². The van der Waals surface area contributed by atoms with Crippen LogP contribution in [0.2, 0.25) is 0 Å². The summed E-state index contributed by atoms with van der Waals surface area (Å²) in [6.45, 7) is 0.246. The summed E-state index contributed by atoms with van der Waals surface area (Å²) in [5, 5.41) is 17.8. The van der Waals surface area contributed by atoms with Crippen molar-refractivity contribution in [2.75, 3.05) is 6.61 Å². The number of aliphatic hydroxyl groups excluding tert-OH is 1. The van der Waals surface area contributed by atoms with Gasteiger partial charge in [0, 0.05) is 12.5 Å². The van der Waals surface area contributed by atoms with E-state index < -0.39 is 5.97 Å². The van der Waals surface area contributed by atoms with Gasteiger partial charge in [0.2, 0.25) is 0 Å². The molecule has 0 atom stereocenters. The molecule has 0 radical (unpaired) electrons. The number of aliphatic carboxylic acids is 1. The lowest BCUT2D eigenvalue weighted by atomic mass is 10.2. The number of aromatic nitrogens is 1. The molecule has 0 saturated heterocycles. The standard InChI is InChI=1S/C17H17NO4/c19-12-14-6-8-16(15(18-14)7-9-17(20)21)22-11-10-13-4-2-1-3-5-13/h1-9,19H,10-12H2,(H,20,21)/b9-7+. The van der Waals surface area contributed by atoms with Gasteiger partial charge in [-0.3, -0.25) is 0 Å². The monoisotopic (exact) mass is 299 g/mol. The summed E-state index contributed by atoms with van der Waals surface area (Å²) in [7, 11) is 0. The summed E-state index contributed by atoms with van der Waals surface area (Å²) in [6, 6.07) is 13.3. The second-order valence-corrected chi connectivity index (χ2v) is 4.60. The number of carboxylic acid groups (broad SMARTS) is 1. The van der Waals surface area contributed by atoms with Gasteiger partial charge in [0.25, 0.3) is 0 Å². The minimum Gasteiger partial charge on any atom is -0.491 e. The second kappa shape index (κ2) is 7.95. The minimum atomic E-state index is -1.06. The lowest BCUT2D eigenvalue weighted by Gasteiger charge is -2.10. The molecule has 2 aromatic rings. The smallest absolute Gasteiger partial charge is 0.328 e. The van der Waals surface area contributed by atoms with E-state index in [9.17, 15) is 4.79 Å². The van der Waals surface area contributed by atoms with Crippen molar-refractivity contribution in [3.8, 4) is 5.75 Å². The van der Waals surface area contributed by atoms with Crippen molar-refractivity contribution in [2.24, 2.45) is 0 Å². The Labute approximate surface area is 128 Å². The van der Waals surface area contributed by atoms with Crippen LogP contribution in [-0.4, -0.2) is 27.8 Å². The van der Waals surface area contributed by atoms with E-state index in [0.717, 1.165) is 18.1 Å². The molecule has 114 valence electrons. The Morgan fingerprint density at radius 2 is 1.95 bits per heavy atom. The highest BCUT2D eigenvalue weighted by atomic mass is 16.5. The molecular weight excluding hydrogens is 282 g/mol. The molecule has 5 nitrogen and oxygen atoms in total. The van der Waals surface area contributed by atoms with E-state index in [1.165, 1.54) is 6.08 Å². The van der Waals surface area contributed by atoms with E-state index in [4.69, 9.17) is 14.9 Å². The van der Waals surface area contributed by atoms with E-state index >= 15 is 0 Å². The van der Waals surface area contributed by atoms with Crippen molar-refractivity contribution < 1.29 is 19.7 Å². The third-order valence-corrected chi connectivity index (χ3v) is 2.98. The van der Waals surface area contributed by atoms with Gasteiger partial charge in [-0.2, -0.15) is 0 Å². The van der Waals surface area contributed by atoms with Gasteiger partial charge in [-0.05, 0) is 23.8 Å². The van der Waals surface area contributed by atoms with Gasteiger partial charge in [0.1, 0.15) is 11.4 Å². The molecule has 0 aliphatic heterocycles. The molecule has 0 unspecified atom stereocenters. The second-order valence-electron chi connectivity index (χ2n) is 4.60. The third kappa shape index (κ3) is 4.71. The van der Waals surface area contributed by atoms with E-state index in [0.29, 0.717) is 23.7 Å². The zero-order valence-corrected chi connectivity index (χ0v) is 12.0. The number of pyridine rings is 1. The maximum atomic E-state index is 10.6. The van der Waals surface area contributed by atoms with Crippen molar-refractivity contribution in [2.45, 2.75) is 13.0 Å². The van der Waals surface area contributed by atoms with E-state index in [-0.39, 0.29) is 6.61 Å². The first-order chi connectivity index (χ1) is 10.7. The Kier molecular flexibility index (Phi) is 5.68. The number of benzene rings is 1. The summed E-state index contributed by atoms with van der Waals surface area (Å²) in [4.78, 5) is 14.8. The maximum absolute atomic E-state index is 10.6. The highest BCUT2D eigenvalue weighted by Gasteiger charge is 2.05. The van der Waals surface area contributed by atoms with Gasteiger partial charge in [-0.15, -0.1) is 0 Å². The van der Waals surface area contributed by atoms with Crippen LogP contribution in [0.1, 0.15) is 17.0 Å². The molecule has 0 amide bonds. The van der Waals surface area contributed by atoms with E-state index in [1.54, 1.807) is 12.1 Å². The molecule has 1 aromatic carbocycles. The Bertz CT molecular complexity index is 653. The molecule has 0 bridgehead atoms. The van der Waals surface area contributed by atoms with Crippen LogP contribution in [0.3, 0.4) is 0 Å². The van der Waals surface area contributed by atoms with Gasteiger partial charge in [-0.25, -0.2) is 9.78 Å². The van der Waals surface area contributed by atoms with Gasteiger partial charge < -0.3 is 14.9 Å². The SMILES string of the molecule is O=C(O)/C=C/c1nc(CO)ccc1OCCc1ccccc1. The Balaban J connectivity index is 2.07. The summed E-state index contributed by atoms with van der Waals surface area (Å²) >= 11 is 0. The molecule has 0 fully saturated rings. The number of carboxylic acids is 1. The van der Waals surface area contributed by atoms with Gasteiger partial charge >= 0.3 is 5.97 Å². The summed E-state index contributed by atoms with van der Waals surface area (Å²) in [5.41, 5.74) is 2.01. The molecular formula is C17H17NO4. The molecule has 1 heterocycles. The topological polar surface area (TPSA) is 79.7 Å². The lowest BCUT2D eigenvalue weighted by Crippen LogP contribution is -2.04. The van der Waals surface area contributed by atoms with Crippen molar-refractivity contribution in [3.05, 3.63) is 65.5 Å². The van der Waals surface area contributed by atoms with Crippen LogP contribution in [-0.2, 0) is 17.8 Å². The Morgan fingerprint density at radius 3 is 2.64 bits per heavy atom. The van der Waals surface area contributed by atoms with Crippen LogP contribution >= 0.6 is 0 Å². The van der Waals surface area contributed by atoms with Crippen LogP contribution in [0.25, 0.3) is 6.08 Å². The fourth-order valence-electron chi connectivity index (χ4n) is 1.91. The first-order valence-electron chi connectivity index (χ1n) is 6.87. The van der Waals surface area contributed by atoms with Crippen molar-refractivity contribution in [3.63, 3.8) is 0 Å². The lowest BCUT2D eigenvalue weighted by molar-refractivity contribution is -0.131. The summed E-state index contributed by atoms with van der Waals surface area (Å²) in [6.07, 6.45) is 3.09. The number of hydrogen-bond donors (Lipinski definition) is 2. The van der Waals surface area contributed by atoms with E-state index in [2.05, 4.69) is 4.98 Å². The maximum Gasteiger partial charge on any atom is 0.328 e. The number of ether oxygens (including phenoxy) is 1. The molecule has 0 aliphatic rings. The van der Waals surface area contributed by atoms with Crippen LogP contribution < -0.4 is 4.74 Å². The van der Waals surface area contributed by atoms with Gasteiger partial charge in [-0.1, -0.05) is 30.3 Å². The van der Waals surface area contributed by atoms with E-state index in [1.807, 2.05) is 30.3 Å². The fraction of sp³-hybridized carbons (Fsp3) is 0.176. The summed E-state index contributed by atoms with van der Waals surface area (Å²) < 4.78 is 5.68. The first-order valence-corrected chi connectivity index (χ1v) is 6.87. The zero-order valence-electron chi connectivity index (χ0n) is 12.0. The highest BCUT2D eigenvalue weighted by Crippen LogP contribution is 2.19. The number of aliphatic hydroxyl groups is 1. The number of carbonyl (C=O) groups is 1. The number of hydrogen-bond acceptors (Lipinski definition) is 4. The van der Waals surface area contributed by atoms with Crippen LogP contribution in [0.15, 0.2) is 48.5 Å². The average Bonchev–Trinajstić information content (AvgIpc) is 2.54. The average molecular weight is 299 g/mol. The number of rotatable bonds is 7. The van der Waals surface area contributed by atoms with Crippen molar-refractivity contribution in [1.29, 1.82) is 0 Å². The number of nitrogens with zero attached hydrogens (tertiary/aromatic N) is 1. The minimum absolute atomic E-state index is 0.210. The molecule has 0 saturated carbocycles. The zero-order chi connectivity index (χ0) is 15.8. The van der Waals surface area contributed by atoms with Crippen LogP contribution in [0.5, 0.6) is 5.75 Å². The largest absolute Gasteiger partial charge is 0.491 e. The fourth-order valence-corrected chi connectivity index (χ4v) is 1.91. The van der Waals surface area contributed by atoms with Crippen molar-refractivity contribution in [1.82, 2.24) is 4.98 Å². The third-order valence-electron chi connectivity index (χ3n) is 2.98. The highest BCUT2D eigenvalue weighted by molar-refractivity contribution is 5.85. The Hall–Kier alpha value is -2.66.